The van der Waals surface area contributed by atoms with Gasteiger partial charge in [-0.15, -0.1) is 0 Å². The molecule has 0 bridgehead atoms. The summed E-state index contributed by atoms with van der Waals surface area (Å²) in [6, 6.07) is 14.7. The molecule has 3 rings (SSSR count). The Morgan fingerprint density at radius 3 is 2.61 bits per heavy atom. The number of nitrogens with zero attached hydrogens (tertiary/aromatic N) is 1. The molecule has 3 heteroatoms. The van der Waals surface area contributed by atoms with Crippen molar-refractivity contribution in [3.05, 3.63) is 53.6 Å². The van der Waals surface area contributed by atoms with Crippen molar-refractivity contribution in [2.45, 2.75) is 13.8 Å². The second-order valence-electron chi connectivity index (χ2n) is 4.56. The lowest BCUT2D eigenvalue weighted by molar-refractivity contribution is -0.473. The van der Waals surface area contributed by atoms with Crippen molar-refractivity contribution < 1.29 is 4.48 Å². The molecular formula is C15H13BNS+. The van der Waals surface area contributed by atoms with Gasteiger partial charge in [-0.2, -0.15) is 0 Å². The molecule has 0 amide bonds. The lowest BCUT2D eigenvalue weighted by Gasteiger charge is -2.02. The van der Waals surface area contributed by atoms with E-state index in [2.05, 4.69) is 44.2 Å². The Balaban J connectivity index is 2.31. The fourth-order valence-electron chi connectivity index (χ4n) is 2.16. The maximum absolute atomic E-state index is 6.22. The van der Waals surface area contributed by atoms with Crippen LogP contribution in [0, 0.1) is 13.8 Å². The molecule has 0 aliphatic heterocycles. The lowest BCUT2D eigenvalue weighted by Crippen LogP contribution is -2.31. The second kappa shape index (κ2) is 4.25. The maximum Gasteiger partial charge on any atom is 0.588 e. The minimum atomic E-state index is 1.08. The van der Waals surface area contributed by atoms with Crippen LogP contribution in [0.25, 0.3) is 20.8 Å². The Bertz CT molecular complexity index is 730. The third kappa shape index (κ3) is 1.75. The zero-order chi connectivity index (χ0) is 12.7. The van der Waals surface area contributed by atoms with E-state index in [1.54, 1.807) is 15.8 Å². The van der Waals surface area contributed by atoms with E-state index in [4.69, 9.17) is 7.98 Å². The molecule has 0 saturated carbocycles. The van der Waals surface area contributed by atoms with Gasteiger partial charge in [0, 0.05) is 6.07 Å². The number of aromatic nitrogens is 1. The summed E-state index contributed by atoms with van der Waals surface area (Å²) in [5.41, 5.74) is 4.82. The van der Waals surface area contributed by atoms with Crippen molar-refractivity contribution in [3.8, 4) is 10.6 Å². The van der Waals surface area contributed by atoms with Crippen LogP contribution in [0.5, 0.6) is 0 Å². The van der Waals surface area contributed by atoms with Crippen LogP contribution >= 0.6 is 11.3 Å². The highest BCUT2D eigenvalue weighted by Crippen LogP contribution is 2.30. The van der Waals surface area contributed by atoms with Gasteiger partial charge in [0.1, 0.15) is 4.70 Å². The summed E-state index contributed by atoms with van der Waals surface area (Å²) >= 11 is 1.74. The summed E-state index contributed by atoms with van der Waals surface area (Å²) in [6.07, 6.45) is 0. The molecule has 86 valence electrons. The Morgan fingerprint density at radius 2 is 1.83 bits per heavy atom. The standard InChI is InChI=1S/C15H13BNS/c1-10-7-8-11(2)12(9-10)15-17(16)13-5-3-4-6-14(13)18-15/h3-9H,1-2H3/q+1. The number of hydrogen-bond donors (Lipinski definition) is 0. The molecule has 2 radical (unpaired) electrons. The monoisotopic (exact) mass is 250 g/mol. The number of thiazole rings is 1. The van der Waals surface area contributed by atoms with E-state index in [0.717, 1.165) is 10.5 Å². The second-order valence-corrected chi connectivity index (χ2v) is 5.59. The van der Waals surface area contributed by atoms with E-state index in [1.165, 1.54) is 21.4 Å². The normalized spacial score (nSPS) is 11.0. The van der Waals surface area contributed by atoms with E-state index in [-0.39, 0.29) is 0 Å². The fraction of sp³-hybridized carbons (Fsp3) is 0.133. The third-order valence-corrected chi connectivity index (χ3v) is 4.35. The van der Waals surface area contributed by atoms with Gasteiger partial charge in [-0.3, -0.25) is 4.48 Å². The highest BCUT2D eigenvalue weighted by Gasteiger charge is 2.19. The molecule has 1 heterocycles. The number of para-hydroxylation sites is 1. The molecular weight excluding hydrogens is 237 g/mol. The summed E-state index contributed by atoms with van der Waals surface area (Å²) in [5, 5.41) is 1.11. The van der Waals surface area contributed by atoms with Crippen molar-refractivity contribution >= 4 is 29.5 Å². The Kier molecular flexibility index (Phi) is 2.71. The molecule has 0 spiro atoms. The molecule has 0 atom stereocenters. The molecule has 18 heavy (non-hydrogen) atoms. The largest absolute Gasteiger partial charge is 0.588 e. The average molecular weight is 250 g/mol. The Morgan fingerprint density at radius 1 is 1.06 bits per heavy atom. The summed E-state index contributed by atoms with van der Waals surface area (Å²) < 4.78 is 3.01. The van der Waals surface area contributed by atoms with Crippen LogP contribution in [0.2, 0.25) is 0 Å². The quantitative estimate of drug-likeness (QED) is 0.583. The molecule has 2 aromatic carbocycles. The van der Waals surface area contributed by atoms with Crippen LogP contribution in [0.3, 0.4) is 0 Å². The SMILES string of the molecule is [B][n+]1c(-c2cc(C)ccc2C)sc2ccccc21. The predicted octanol–water partition coefficient (Wildman–Crippen LogP) is 3.40. The van der Waals surface area contributed by atoms with Crippen molar-refractivity contribution in [2.24, 2.45) is 0 Å². The Hall–Kier alpha value is -1.61. The van der Waals surface area contributed by atoms with Gasteiger partial charge in [-0.05, 0) is 31.5 Å². The molecule has 0 aliphatic rings. The number of fused-ring (bicyclic) bond motifs is 1. The van der Waals surface area contributed by atoms with E-state index >= 15 is 0 Å². The molecule has 3 aromatic rings. The number of aryl methyl sites for hydroxylation is 2. The van der Waals surface area contributed by atoms with Crippen LogP contribution in [0.1, 0.15) is 11.1 Å². The van der Waals surface area contributed by atoms with Gasteiger partial charge in [0.25, 0.3) is 0 Å². The van der Waals surface area contributed by atoms with Crippen molar-refractivity contribution in [2.75, 3.05) is 0 Å². The van der Waals surface area contributed by atoms with E-state index in [0.29, 0.717) is 0 Å². The smallest absolute Gasteiger partial charge is 0.269 e. The average Bonchev–Trinajstić information content (AvgIpc) is 2.71. The first-order valence-corrected chi connectivity index (χ1v) is 6.75. The number of rotatable bonds is 1. The van der Waals surface area contributed by atoms with Gasteiger partial charge in [0.05, 0.1) is 5.56 Å². The number of hydrogen-bond acceptors (Lipinski definition) is 1. The van der Waals surface area contributed by atoms with E-state index in [9.17, 15) is 0 Å². The van der Waals surface area contributed by atoms with Gasteiger partial charge in [-0.1, -0.05) is 41.2 Å². The number of benzene rings is 2. The Labute approximate surface area is 112 Å². The van der Waals surface area contributed by atoms with Crippen LogP contribution in [0.4, 0.5) is 0 Å². The maximum atomic E-state index is 6.22. The van der Waals surface area contributed by atoms with Crippen LogP contribution in [0.15, 0.2) is 42.5 Å². The van der Waals surface area contributed by atoms with Crippen molar-refractivity contribution in [3.63, 3.8) is 0 Å². The van der Waals surface area contributed by atoms with Crippen LogP contribution in [-0.2, 0) is 0 Å². The molecule has 0 aliphatic carbocycles. The summed E-state index contributed by atoms with van der Waals surface area (Å²) in [6.45, 7) is 4.23. The molecule has 0 saturated heterocycles. The first-order valence-electron chi connectivity index (χ1n) is 5.93. The summed E-state index contributed by atoms with van der Waals surface area (Å²) in [5.74, 6) is 0. The van der Waals surface area contributed by atoms with Gasteiger partial charge in [0.15, 0.2) is 5.52 Å². The topological polar surface area (TPSA) is 3.88 Å². The van der Waals surface area contributed by atoms with Crippen molar-refractivity contribution in [1.29, 1.82) is 0 Å². The van der Waals surface area contributed by atoms with Gasteiger partial charge < -0.3 is 0 Å². The van der Waals surface area contributed by atoms with E-state index in [1.807, 2.05) is 12.1 Å². The predicted molar refractivity (Wildman–Crippen MR) is 78.1 cm³/mol. The highest BCUT2D eigenvalue weighted by atomic mass is 32.1. The molecule has 1 nitrogen and oxygen atoms in total. The van der Waals surface area contributed by atoms with E-state index < -0.39 is 0 Å². The minimum absolute atomic E-state index is 1.08. The van der Waals surface area contributed by atoms with Crippen LogP contribution < -0.4 is 4.48 Å². The molecule has 0 fully saturated rings. The van der Waals surface area contributed by atoms with Crippen LogP contribution in [-0.4, -0.2) is 7.98 Å². The minimum Gasteiger partial charge on any atom is -0.269 e. The highest BCUT2D eigenvalue weighted by molar-refractivity contribution is 7.21. The first kappa shape index (κ1) is 11.5. The fourth-order valence-corrected chi connectivity index (χ4v) is 3.31. The van der Waals surface area contributed by atoms with Crippen molar-refractivity contribution in [1.82, 2.24) is 0 Å². The first-order chi connectivity index (χ1) is 8.66. The zero-order valence-corrected chi connectivity index (χ0v) is 11.3. The molecule has 1 aromatic heterocycles. The third-order valence-electron chi connectivity index (χ3n) is 3.17. The molecule has 0 N–H and O–H groups in total. The van der Waals surface area contributed by atoms with Gasteiger partial charge >= 0.3 is 7.98 Å². The molecule has 0 unspecified atom stereocenters. The van der Waals surface area contributed by atoms with Gasteiger partial charge in [0.2, 0.25) is 5.01 Å². The summed E-state index contributed by atoms with van der Waals surface area (Å²) in [4.78, 5) is 0. The summed E-state index contributed by atoms with van der Waals surface area (Å²) in [7, 11) is 6.22. The zero-order valence-electron chi connectivity index (χ0n) is 10.5. The lowest BCUT2D eigenvalue weighted by atomic mass is 10.1. The van der Waals surface area contributed by atoms with Gasteiger partial charge in [-0.25, -0.2) is 0 Å².